The number of hydrogen-bond donors (Lipinski definition) is 2. The molecule has 0 saturated carbocycles. The average Bonchev–Trinajstić information content (AvgIpc) is 2.87. The summed E-state index contributed by atoms with van der Waals surface area (Å²) in [4.78, 5) is 8.18. The standard InChI is InChI=1S/C19H31N3/c1-15-13-17-18(14-16(15)2)22-19(21-17)11-9-7-5-3-4-6-8-10-12-20/h13-14H,3-12,20H2,1-2H3,(H,21,22). The lowest BCUT2D eigenvalue weighted by molar-refractivity contribution is 0.567. The molecule has 2 aromatic rings. The Morgan fingerprint density at radius 1 is 0.864 bits per heavy atom. The number of unbranched alkanes of at least 4 members (excludes halogenated alkanes) is 7. The maximum Gasteiger partial charge on any atom is 0.107 e. The van der Waals surface area contributed by atoms with Crippen molar-refractivity contribution in [2.24, 2.45) is 5.73 Å². The molecule has 0 saturated heterocycles. The molecule has 3 heteroatoms. The molecule has 0 bridgehead atoms. The van der Waals surface area contributed by atoms with Gasteiger partial charge in [0.1, 0.15) is 5.82 Å². The molecule has 1 aromatic carbocycles. The molecule has 3 nitrogen and oxygen atoms in total. The third-order valence-corrected chi connectivity index (χ3v) is 4.51. The van der Waals surface area contributed by atoms with E-state index in [0.717, 1.165) is 24.3 Å². The summed E-state index contributed by atoms with van der Waals surface area (Å²) in [5.41, 5.74) is 10.4. The first-order chi connectivity index (χ1) is 10.7. The number of aryl methyl sites for hydroxylation is 3. The zero-order valence-electron chi connectivity index (χ0n) is 14.3. The predicted octanol–water partition coefficient (Wildman–Crippen LogP) is 4.80. The number of imidazole rings is 1. The molecule has 2 rings (SSSR count). The number of rotatable bonds is 10. The topological polar surface area (TPSA) is 54.7 Å². The van der Waals surface area contributed by atoms with Crippen molar-refractivity contribution in [3.63, 3.8) is 0 Å². The lowest BCUT2D eigenvalue weighted by Gasteiger charge is -2.01. The maximum atomic E-state index is 5.50. The molecule has 0 radical (unpaired) electrons. The maximum absolute atomic E-state index is 5.50. The van der Waals surface area contributed by atoms with Gasteiger partial charge in [-0.15, -0.1) is 0 Å². The van der Waals surface area contributed by atoms with Crippen molar-refractivity contribution in [1.29, 1.82) is 0 Å². The first kappa shape index (κ1) is 17.0. The monoisotopic (exact) mass is 301 g/mol. The molecule has 0 atom stereocenters. The molecule has 3 N–H and O–H groups in total. The van der Waals surface area contributed by atoms with Crippen LogP contribution in [0.5, 0.6) is 0 Å². The zero-order valence-corrected chi connectivity index (χ0v) is 14.3. The number of aromatic nitrogens is 2. The molecule has 0 aliphatic heterocycles. The molecule has 22 heavy (non-hydrogen) atoms. The van der Waals surface area contributed by atoms with E-state index < -0.39 is 0 Å². The number of H-pyrrole nitrogens is 1. The fraction of sp³-hybridized carbons (Fsp3) is 0.632. The molecule has 0 aliphatic rings. The third kappa shape index (κ3) is 5.13. The van der Waals surface area contributed by atoms with E-state index in [4.69, 9.17) is 10.7 Å². The second-order valence-electron chi connectivity index (χ2n) is 6.50. The van der Waals surface area contributed by atoms with Gasteiger partial charge in [0, 0.05) is 6.42 Å². The number of hydrogen-bond acceptors (Lipinski definition) is 2. The largest absolute Gasteiger partial charge is 0.342 e. The van der Waals surface area contributed by atoms with Gasteiger partial charge in [-0.2, -0.15) is 0 Å². The predicted molar refractivity (Wildman–Crippen MR) is 95.3 cm³/mol. The van der Waals surface area contributed by atoms with Crippen molar-refractivity contribution in [2.45, 2.75) is 71.6 Å². The van der Waals surface area contributed by atoms with Crippen LogP contribution < -0.4 is 5.73 Å². The summed E-state index contributed by atoms with van der Waals surface area (Å²) >= 11 is 0. The Bertz CT molecular complexity index is 532. The lowest BCUT2D eigenvalue weighted by Crippen LogP contribution is -1.97. The summed E-state index contributed by atoms with van der Waals surface area (Å²) in [5.74, 6) is 1.14. The minimum absolute atomic E-state index is 0.844. The number of aromatic amines is 1. The second kappa shape index (κ2) is 8.94. The van der Waals surface area contributed by atoms with Crippen molar-refractivity contribution >= 4 is 11.0 Å². The highest BCUT2D eigenvalue weighted by Crippen LogP contribution is 2.18. The van der Waals surface area contributed by atoms with Gasteiger partial charge in [0.25, 0.3) is 0 Å². The van der Waals surface area contributed by atoms with Gasteiger partial charge in [0.15, 0.2) is 0 Å². The Morgan fingerprint density at radius 2 is 1.45 bits per heavy atom. The fourth-order valence-corrected chi connectivity index (χ4v) is 2.94. The van der Waals surface area contributed by atoms with Gasteiger partial charge >= 0.3 is 0 Å². The van der Waals surface area contributed by atoms with Gasteiger partial charge in [-0.3, -0.25) is 0 Å². The van der Waals surface area contributed by atoms with E-state index in [1.807, 2.05) is 0 Å². The Kier molecular flexibility index (Phi) is 6.91. The first-order valence-corrected chi connectivity index (χ1v) is 8.86. The van der Waals surface area contributed by atoms with Gasteiger partial charge in [-0.1, -0.05) is 38.5 Å². The Morgan fingerprint density at radius 3 is 2.14 bits per heavy atom. The van der Waals surface area contributed by atoms with E-state index in [-0.39, 0.29) is 0 Å². The smallest absolute Gasteiger partial charge is 0.107 e. The number of fused-ring (bicyclic) bond motifs is 1. The molecular formula is C19H31N3. The number of nitrogens with two attached hydrogens (primary N) is 1. The molecule has 122 valence electrons. The van der Waals surface area contributed by atoms with Crippen LogP contribution >= 0.6 is 0 Å². The molecule has 1 heterocycles. The van der Waals surface area contributed by atoms with Crippen LogP contribution in [0.1, 0.15) is 68.3 Å². The van der Waals surface area contributed by atoms with Gasteiger partial charge in [0.05, 0.1) is 11.0 Å². The average molecular weight is 301 g/mol. The van der Waals surface area contributed by atoms with Crippen LogP contribution in [0, 0.1) is 13.8 Å². The third-order valence-electron chi connectivity index (χ3n) is 4.51. The van der Waals surface area contributed by atoms with Gasteiger partial charge in [0.2, 0.25) is 0 Å². The first-order valence-electron chi connectivity index (χ1n) is 8.86. The summed E-state index contributed by atoms with van der Waals surface area (Å²) in [6.45, 7) is 5.15. The highest BCUT2D eigenvalue weighted by Gasteiger charge is 2.04. The molecule has 0 aliphatic carbocycles. The number of benzene rings is 1. The Balaban J connectivity index is 1.65. The highest BCUT2D eigenvalue weighted by atomic mass is 14.9. The molecule has 0 fully saturated rings. The van der Waals surface area contributed by atoms with Crippen molar-refractivity contribution < 1.29 is 0 Å². The molecule has 0 spiro atoms. The van der Waals surface area contributed by atoms with Crippen LogP contribution in [0.4, 0.5) is 0 Å². The van der Waals surface area contributed by atoms with E-state index in [0.29, 0.717) is 0 Å². The number of nitrogens with one attached hydrogen (secondary N) is 1. The van der Waals surface area contributed by atoms with Crippen molar-refractivity contribution in [3.8, 4) is 0 Å². The van der Waals surface area contributed by atoms with Crippen LogP contribution in [0.3, 0.4) is 0 Å². The van der Waals surface area contributed by atoms with Crippen LogP contribution in [0.15, 0.2) is 12.1 Å². The molecular weight excluding hydrogens is 270 g/mol. The van der Waals surface area contributed by atoms with E-state index in [1.165, 1.54) is 68.0 Å². The summed E-state index contributed by atoms with van der Waals surface area (Å²) < 4.78 is 0. The normalized spacial score (nSPS) is 11.4. The zero-order chi connectivity index (χ0) is 15.8. The van der Waals surface area contributed by atoms with Crippen LogP contribution in [-0.2, 0) is 6.42 Å². The minimum Gasteiger partial charge on any atom is -0.342 e. The van der Waals surface area contributed by atoms with E-state index in [1.54, 1.807) is 0 Å². The summed E-state index contributed by atoms with van der Waals surface area (Å²) in [7, 11) is 0. The summed E-state index contributed by atoms with van der Waals surface area (Å²) in [5, 5.41) is 0. The molecule has 0 unspecified atom stereocenters. The molecule has 1 aromatic heterocycles. The van der Waals surface area contributed by atoms with Gasteiger partial charge in [-0.25, -0.2) is 4.98 Å². The van der Waals surface area contributed by atoms with Gasteiger partial charge < -0.3 is 10.7 Å². The Labute approximate surface area is 134 Å². The van der Waals surface area contributed by atoms with E-state index in [9.17, 15) is 0 Å². The minimum atomic E-state index is 0.844. The molecule has 0 amide bonds. The van der Waals surface area contributed by atoms with Crippen molar-refractivity contribution in [1.82, 2.24) is 9.97 Å². The SMILES string of the molecule is Cc1cc2nc(CCCCCCCCCCN)[nH]c2cc1C. The number of nitrogens with zero attached hydrogens (tertiary/aromatic N) is 1. The quantitative estimate of drug-likeness (QED) is 0.619. The summed E-state index contributed by atoms with van der Waals surface area (Å²) in [6.07, 6.45) is 11.5. The lowest BCUT2D eigenvalue weighted by atomic mass is 10.1. The van der Waals surface area contributed by atoms with E-state index in [2.05, 4.69) is 31.0 Å². The second-order valence-corrected chi connectivity index (χ2v) is 6.50. The van der Waals surface area contributed by atoms with E-state index >= 15 is 0 Å². The van der Waals surface area contributed by atoms with Crippen LogP contribution in [0.2, 0.25) is 0 Å². The summed E-state index contributed by atoms with van der Waals surface area (Å²) in [6, 6.07) is 4.40. The van der Waals surface area contributed by atoms with Crippen LogP contribution in [-0.4, -0.2) is 16.5 Å². The Hall–Kier alpha value is -1.35. The van der Waals surface area contributed by atoms with Crippen molar-refractivity contribution in [3.05, 3.63) is 29.1 Å². The highest BCUT2D eigenvalue weighted by molar-refractivity contribution is 5.77. The van der Waals surface area contributed by atoms with Crippen LogP contribution in [0.25, 0.3) is 11.0 Å². The van der Waals surface area contributed by atoms with Gasteiger partial charge in [-0.05, 0) is 56.5 Å². The fourth-order valence-electron chi connectivity index (χ4n) is 2.94. The van der Waals surface area contributed by atoms with Crippen molar-refractivity contribution in [2.75, 3.05) is 6.54 Å².